The van der Waals surface area contributed by atoms with Gasteiger partial charge in [0.05, 0.1) is 68.6 Å². The number of aryl methyl sites for hydroxylation is 4. The summed E-state index contributed by atoms with van der Waals surface area (Å²) in [4.78, 5) is 74.7. The van der Waals surface area contributed by atoms with Gasteiger partial charge in [-0.25, -0.2) is 9.59 Å². The smallest absolute Gasteiger partial charge is 0.328 e. The first-order valence-corrected chi connectivity index (χ1v) is 34.3. The summed E-state index contributed by atoms with van der Waals surface area (Å²) in [5.41, 5.74) is 25.7. The second-order valence-corrected chi connectivity index (χ2v) is 24.8. The molecule has 2 aliphatic heterocycles. The molecule has 28 nitrogen and oxygen atoms in total. The average Bonchev–Trinajstić information content (AvgIpc) is 1.63. The number of imidazole rings is 2. The van der Waals surface area contributed by atoms with Crippen LogP contribution in [-0.2, 0) is 76.9 Å². The first-order chi connectivity index (χ1) is 47.6. The predicted octanol–water partition coefficient (Wildman–Crippen LogP) is 9.55. The lowest BCUT2D eigenvalue weighted by Crippen LogP contribution is -2.22. The third-order valence-electron chi connectivity index (χ3n) is 17.3. The Bertz CT molecular complexity index is 3760. The van der Waals surface area contributed by atoms with Gasteiger partial charge >= 0.3 is 23.4 Å². The molecule has 0 unspecified atom stereocenters. The number of ketones is 2. The van der Waals surface area contributed by atoms with Crippen molar-refractivity contribution in [3.05, 3.63) is 114 Å². The van der Waals surface area contributed by atoms with E-state index in [-0.39, 0.29) is 90.8 Å². The molecule has 2 aliphatic rings. The number of aromatic amines is 2. The van der Waals surface area contributed by atoms with Crippen LogP contribution in [0.2, 0.25) is 0 Å². The molecule has 5 aromatic heterocycles. The summed E-state index contributed by atoms with van der Waals surface area (Å²) in [5.74, 6) is 3.11. The average molecular weight is 1360 g/mol. The van der Waals surface area contributed by atoms with Crippen molar-refractivity contribution in [2.75, 3.05) is 72.9 Å². The van der Waals surface area contributed by atoms with Crippen molar-refractivity contribution in [1.82, 2.24) is 54.0 Å². The molecule has 6 atom stereocenters. The van der Waals surface area contributed by atoms with Crippen LogP contribution in [0.25, 0.3) is 32.8 Å². The number of anilines is 2. The number of hydrogen-bond donors (Lipinski definition) is 4. The fraction of sp³-hybridized carbons (Fsp3) is 0.600. The number of terminal acetylenes is 1. The van der Waals surface area contributed by atoms with Crippen molar-refractivity contribution in [2.45, 2.75) is 211 Å². The lowest BCUT2D eigenvalue weighted by atomic mass is 10.0. The van der Waals surface area contributed by atoms with Crippen LogP contribution in [0.15, 0.2) is 69.4 Å². The van der Waals surface area contributed by atoms with E-state index in [0.29, 0.717) is 112 Å². The van der Waals surface area contributed by atoms with E-state index in [9.17, 15) is 19.2 Å². The van der Waals surface area contributed by atoms with Crippen LogP contribution in [0.4, 0.5) is 11.6 Å². The number of H-pyrrole nitrogens is 2. The number of nitrogens with one attached hydrogen (secondary N) is 2. The molecule has 2 fully saturated rings. The topological polar surface area (TPSA) is 367 Å². The number of methoxy groups -OCH3 is 4. The van der Waals surface area contributed by atoms with Gasteiger partial charge in [-0.15, -0.1) is 17.4 Å². The van der Waals surface area contributed by atoms with E-state index >= 15 is 0 Å². The Morgan fingerprint density at radius 1 is 0.633 bits per heavy atom. The molecule has 0 spiro atoms. The third kappa shape index (κ3) is 25.1. The maximum absolute atomic E-state index is 12.7. The van der Waals surface area contributed by atoms with E-state index in [1.54, 1.807) is 28.4 Å². The molecular formula is C70H100N16O12. The van der Waals surface area contributed by atoms with Gasteiger partial charge < -0.3 is 59.3 Å². The minimum Gasteiger partial charge on any atom is -0.461 e. The molecule has 28 heteroatoms. The number of azide groups is 1. The van der Waals surface area contributed by atoms with E-state index in [0.717, 1.165) is 85.9 Å². The number of benzene rings is 2. The Morgan fingerprint density at radius 2 is 1.08 bits per heavy atom. The van der Waals surface area contributed by atoms with Gasteiger partial charge in [0.2, 0.25) is 0 Å². The highest BCUT2D eigenvalue weighted by Crippen LogP contribution is 2.29. The van der Waals surface area contributed by atoms with Crippen molar-refractivity contribution in [3.8, 4) is 24.4 Å². The number of nitrogens with zero attached hydrogens (tertiary/aromatic N) is 12. The number of ether oxygens (including phenoxy) is 8. The number of carbonyl (C=O) groups is 2. The predicted molar refractivity (Wildman–Crippen MR) is 373 cm³/mol. The fourth-order valence-electron chi connectivity index (χ4n) is 11.9. The highest BCUT2D eigenvalue weighted by Gasteiger charge is 2.33. The molecule has 98 heavy (non-hydrogen) atoms. The third-order valence-corrected chi connectivity index (χ3v) is 17.3. The largest absolute Gasteiger partial charge is 0.461 e. The molecular weight excluding hydrogens is 1260 g/mol. The fourth-order valence-corrected chi connectivity index (χ4v) is 11.9. The van der Waals surface area contributed by atoms with Gasteiger partial charge in [-0.3, -0.25) is 23.4 Å². The van der Waals surface area contributed by atoms with Crippen LogP contribution in [0.5, 0.6) is 12.0 Å². The van der Waals surface area contributed by atoms with Gasteiger partial charge in [-0.05, 0) is 86.6 Å². The van der Waals surface area contributed by atoms with Crippen LogP contribution in [0.1, 0.15) is 164 Å². The Hall–Kier alpha value is -8.55. The van der Waals surface area contributed by atoms with Gasteiger partial charge in [-0.2, -0.15) is 19.9 Å². The Morgan fingerprint density at radius 3 is 1.55 bits per heavy atom. The van der Waals surface area contributed by atoms with Crippen LogP contribution < -0.4 is 32.3 Å². The summed E-state index contributed by atoms with van der Waals surface area (Å²) in [7, 11) is 6.69. The molecule has 6 N–H and O–H groups in total. The Labute approximate surface area is 572 Å². The number of nitrogens with two attached hydrogens (primary N) is 2. The molecule has 9 rings (SSSR count). The summed E-state index contributed by atoms with van der Waals surface area (Å²) < 4.78 is 48.6. The molecule has 532 valence electrons. The molecule has 0 radical (unpaired) electrons. The summed E-state index contributed by atoms with van der Waals surface area (Å²) in [6, 6.07) is 15.8. The standard InChI is InChI=1S/C35H50N8O6.C22H25N5O4.C13H25N3O2/c1-24-21-30(47-3)29(49-24)9-7-5-4-6-8-18-42-23-27(40-41-42)15-17-28(44)16-14-25-10-12-26(13-11-25)22-43-33-31(37-35(43)45)32(36)38-34(39-33)48-20-19-46-2;1-3-4-5-17(28)11-10-15-6-8-16(9-7-15)14-27-20-18(24-22(27)29)19(23)25-21(26-20)31-13-12-30-2;1-11-10-13(17-2)12(18-11)8-6-4-3-5-7-9-15-16-14/h10-13,23-24,29-30H,4-9,14-22H2,1-3H3,(H,37,45)(H2,36,38,39);1,6-9H,4-5,10-14H2,2H3,(H,24,29)(H2,23,25,26);11-13H,3-10H2,1-2H3/t24-,29+,30+;;11-,12+,13+/m1.1/s1. The van der Waals surface area contributed by atoms with Crippen LogP contribution in [0.3, 0.4) is 0 Å². The van der Waals surface area contributed by atoms with Crippen molar-refractivity contribution in [2.24, 2.45) is 5.11 Å². The quantitative estimate of drug-likeness (QED) is 0.00910. The van der Waals surface area contributed by atoms with Crippen LogP contribution >= 0.6 is 0 Å². The number of Topliss-reactive ketones (excluding diaryl/α,β-unsaturated/α-hetero) is 2. The second-order valence-electron chi connectivity index (χ2n) is 24.8. The van der Waals surface area contributed by atoms with E-state index < -0.39 is 0 Å². The molecule has 0 aliphatic carbocycles. The maximum Gasteiger partial charge on any atom is 0.328 e. The number of fused-ring (bicyclic) bond motifs is 2. The van der Waals surface area contributed by atoms with Gasteiger partial charge in [0.15, 0.2) is 22.9 Å². The molecule has 7 heterocycles. The molecule has 2 aromatic carbocycles. The zero-order valence-corrected chi connectivity index (χ0v) is 57.9. The monoisotopic (exact) mass is 1360 g/mol. The Balaban J connectivity index is 0.000000234. The molecule has 0 amide bonds. The SMILES string of the molecule is C#CCCC(=O)CCc1ccc(Cn2c(=O)[nH]c3c(N)nc(OCCOC)nc32)cc1.COCCOc1nc(N)c2[nH]c(=O)n(Cc3ccc(CCC(=O)CCc4cn(CCCCCCC[C@@H]5O[C@H](C)C[C@@H]5OC)nn4)cc3)c2n1.CO[C@H]1C[C@@H](C)O[C@H]1CCCCCCCN=[N+]=[N-]. The van der Waals surface area contributed by atoms with Gasteiger partial charge in [0.25, 0.3) is 0 Å². The number of unbranched alkanes of at least 4 members (excludes halogenated alkanes) is 8. The summed E-state index contributed by atoms with van der Waals surface area (Å²) in [5, 5.41) is 12.1. The van der Waals surface area contributed by atoms with E-state index in [2.05, 4.69) is 70.0 Å². The van der Waals surface area contributed by atoms with E-state index in [1.165, 1.54) is 47.7 Å². The zero-order chi connectivity index (χ0) is 70.0. The summed E-state index contributed by atoms with van der Waals surface area (Å²) in [6.45, 7) is 7.57. The lowest BCUT2D eigenvalue weighted by molar-refractivity contribution is -0.119. The van der Waals surface area contributed by atoms with Crippen LogP contribution in [-0.4, -0.2) is 164 Å². The van der Waals surface area contributed by atoms with E-state index in [1.807, 2.05) is 59.4 Å². The first-order valence-electron chi connectivity index (χ1n) is 34.3. The number of aromatic nitrogens is 11. The highest BCUT2D eigenvalue weighted by molar-refractivity contribution is 5.83. The maximum atomic E-state index is 12.7. The van der Waals surface area contributed by atoms with E-state index in [4.69, 9.17) is 61.3 Å². The molecule has 0 saturated carbocycles. The summed E-state index contributed by atoms with van der Waals surface area (Å²) >= 11 is 0. The molecule has 0 bridgehead atoms. The van der Waals surface area contributed by atoms with Crippen molar-refractivity contribution in [3.63, 3.8) is 0 Å². The normalized spacial score (nSPS) is 17.2. The number of hydrogen-bond acceptors (Lipinski definition) is 21. The van der Waals surface area contributed by atoms with Gasteiger partial charge in [0, 0.05) is 97.6 Å². The van der Waals surface area contributed by atoms with Crippen molar-refractivity contribution < 1.29 is 47.5 Å². The lowest BCUT2D eigenvalue weighted by Gasteiger charge is -2.16. The zero-order valence-electron chi connectivity index (χ0n) is 57.9. The molecule has 2 saturated heterocycles. The number of nitrogen functional groups attached to an aromatic ring is 2. The first kappa shape index (κ1) is 76.8. The van der Waals surface area contributed by atoms with Gasteiger partial charge in [0.1, 0.15) is 35.8 Å². The highest BCUT2D eigenvalue weighted by atomic mass is 16.6. The molecule has 7 aromatic rings. The van der Waals surface area contributed by atoms with Crippen molar-refractivity contribution in [1.29, 1.82) is 0 Å². The minimum absolute atomic E-state index is 0.0819. The van der Waals surface area contributed by atoms with Gasteiger partial charge in [-0.1, -0.05) is 110 Å². The Kier molecular flexibility index (Phi) is 32.6. The number of carbonyl (C=O) groups excluding carboxylic acids is 2. The van der Waals surface area contributed by atoms with Crippen molar-refractivity contribution >= 4 is 45.5 Å². The number of rotatable bonds is 41. The minimum atomic E-state index is -0.340. The van der Waals surface area contributed by atoms with Crippen LogP contribution in [0, 0.1) is 12.3 Å². The second kappa shape index (κ2) is 41.6. The summed E-state index contributed by atoms with van der Waals surface area (Å²) in [6.07, 6.45) is 28.7.